The van der Waals surface area contributed by atoms with Gasteiger partial charge >= 0.3 is 6.09 Å². The second-order valence-electron chi connectivity index (χ2n) is 4.76. The van der Waals surface area contributed by atoms with E-state index in [4.69, 9.17) is 4.74 Å². The number of ether oxygens (including phenoxy) is 1. The second kappa shape index (κ2) is 4.06. The van der Waals surface area contributed by atoms with Gasteiger partial charge < -0.3 is 4.74 Å². The molecule has 1 saturated heterocycles. The Balaban J connectivity index is 1.94. The third-order valence-electron chi connectivity index (χ3n) is 3.85. The fourth-order valence-electron chi connectivity index (χ4n) is 3.16. The Kier molecular flexibility index (Phi) is 2.54. The van der Waals surface area contributed by atoms with E-state index in [1.807, 2.05) is 11.8 Å². The highest BCUT2D eigenvalue weighted by molar-refractivity contribution is 5.70. The maximum atomic E-state index is 12.0. The molecule has 2 aliphatic heterocycles. The zero-order chi connectivity index (χ0) is 11.8. The van der Waals surface area contributed by atoms with Gasteiger partial charge in [0.1, 0.15) is 0 Å². The van der Waals surface area contributed by atoms with Gasteiger partial charge in [-0.25, -0.2) is 4.79 Å². The zero-order valence-electron chi connectivity index (χ0n) is 10.1. The zero-order valence-corrected chi connectivity index (χ0v) is 10.1. The van der Waals surface area contributed by atoms with E-state index >= 15 is 0 Å². The lowest BCUT2D eigenvalue weighted by atomic mass is 9.94. The number of fused-ring (bicyclic) bond motifs is 4. The Bertz CT molecular complexity index is 444. The van der Waals surface area contributed by atoms with Crippen molar-refractivity contribution in [3.63, 3.8) is 0 Å². The molecule has 0 aromatic heterocycles. The summed E-state index contributed by atoms with van der Waals surface area (Å²) in [7, 11) is 0. The summed E-state index contributed by atoms with van der Waals surface area (Å²) in [6.07, 6.45) is 3.00. The predicted octanol–water partition coefficient (Wildman–Crippen LogP) is 2.90. The average molecular weight is 231 g/mol. The molecule has 90 valence electrons. The summed E-state index contributed by atoms with van der Waals surface area (Å²) < 4.78 is 5.16. The first-order valence-corrected chi connectivity index (χ1v) is 6.34. The lowest BCUT2D eigenvalue weighted by molar-refractivity contribution is 0.0838. The third-order valence-corrected chi connectivity index (χ3v) is 3.85. The van der Waals surface area contributed by atoms with Crippen LogP contribution in [0.25, 0.3) is 0 Å². The molecule has 3 rings (SSSR count). The van der Waals surface area contributed by atoms with Gasteiger partial charge in [0.15, 0.2) is 0 Å². The minimum Gasteiger partial charge on any atom is -0.450 e. The minimum atomic E-state index is -0.144. The lowest BCUT2D eigenvalue weighted by Gasteiger charge is -2.35. The van der Waals surface area contributed by atoms with Crippen LogP contribution in [0.4, 0.5) is 4.79 Å². The molecule has 0 spiro atoms. The van der Waals surface area contributed by atoms with E-state index < -0.39 is 0 Å². The Morgan fingerprint density at radius 3 is 3.06 bits per heavy atom. The van der Waals surface area contributed by atoms with Gasteiger partial charge in [0.25, 0.3) is 0 Å². The van der Waals surface area contributed by atoms with Crippen LogP contribution in [0, 0.1) is 0 Å². The SMILES string of the molecule is CCOC(=O)N1C2CCC1c1ccccc1C2. The van der Waals surface area contributed by atoms with E-state index in [0.717, 1.165) is 19.3 Å². The first kappa shape index (κ1) is 10.6. The number of nitrogens with zero attached hydrogens (tertiary/aromatic N) is 1. The number of hydrogen-bond donors (Lipinski definition) is 0. The molecule has 2 aliphatic rings. The standard InChI is InChI=1S/C14H17NO2/c1-2-17-14(16)15-11-7-8-13(15)12-6-4-3-5-10(12)9-11/h3-6,11,13H,2,7-9H2,1H3. The van der Waals surface area contributed by atoms with E-state index in [9.17, 15) is 4.79 Å². The van der Waals surface area contributed by atoms with Gasteiger partial charge in [0.2, 0.25) is 0 Å². The molecule has 0 N–H and O–H groups in total. The van der Waals surface area contributed by atoms with E-state index in [2.05, 4.69) is 24.3 Å². The van der Waals surface area contributed by atoms with Crippen molar-refractivity contribution in [2.24, 2.45) is 0 Å². The van der Waals surface area contributed by atoms with Crippen LogP contribution in [0.5, 0.6) is 0 Å². The van der Waals surface area contributed by atoms with Crippen molar-refractivity contribution in [2.75, 3.05) is 6.61 Å². The van der Waals surface area contributed by atoms with Crippen LogP contribution in [0.3, 0.4) is 0 Å². The molecule has 1 aromatic carbocycles. The molecule has 0 aliphatic carbocycles. The number of carbonyl (C=O) groups excluding carboxylic acids is 1. The molecule has 0 radical (unpaired) electrons. The first-order chi connectivity index (χ1) is 8.31. The normalized spacial score (nSPS) is 25.6. The van der Waals surface area contributed by atoms with E-state index in [1.54, 1.807) is 0 Å². The van der Waals surface area contributed by atoms with Crippen molar-refractivity contribution in [3.05, 3.63) is 35.4 Å². The number of hydrogen-bond acceptors (Lipinski definition) is 2. The van der Waals surface area contributed by atoms with E-state index in [0.29, 0.717) is 12.6 Å². The Labute approximate surface area is 101 Å². The van der Waals surface area contributed by atoms with Gasteiger partial charge in [0.05, 0.1) is 12.6 Å². The highest BCUT2D eigenvalue weighted by Gasteiger charge is 2.42. The van der Waals surface area contributed by atoms with Crippen molar-refractivity contribution in [2.45, 2.75) is 38.3 Å². The van der Waals surface area contributed by atoms with E-state index in [-0.39, 0.29) is 12.1 Å². The molecule has 3 heteroatoms. The van der Waals surface area contributed by atoms with Crippen molar-refractivity contribution in [1.29, 1.82) is 0 Å². The number of rotatable bonds is 1. The van der Waals surface area contributed by atoms with Crippen LogP contribution in [0.1, 0.15) is 36.9 Å². The van der Waals surface area contributed by atoms with Crippen molar-refractivity contribution >= 4 is 6.09 Å². The first-order valence-electron chi connectivity index (χ1n) is 6.34. The summed E-state index contributed by atoms with van der Waals surface area (Å²) in [5.41, 5.74) is 2.72. The molecule has 0 saturated carbocycles. The number of carbonyl (C=O) groups is 1. The Hall–Kier alpha value is -1.51. The highest BCUT2D eigenvalue weighted by atomic mass is 16.6. The molecule has 2 heterocycles. The van der Waals surface area contributed by atoms with Gasteiger partial charge in [-0.3, -0.25) is 4.90 Å². The molecular weight excluding hydrogens is 214 g/mol. The molecule has 2 atom stereocenters. The van der Waals surface area contributed by atoms with Crippen LogP contribution in [-0.4, -0.2) is 23.6 Å². The topological polar surface area (TPSA) is 29.5 Å². The molecule has 2 bridgehead atoms. The van der Waals surface area contributed by atoms with Gasteiger partial charge in [-0.15, -0.1) is 0 Å². The van der Waals surface area contributed by atoms with Gasteiger partial charge in [-0.05, 0) is 37.3 Å². The van der Waals surface area contributed by atoms with Gasteiger partial charge in [-0.2, -0.15) is 0 Å². The van der Waals surface area contributed by atoms with Crippen LogP contribution in [0.2, 0.25) is 0 Å². The third kappa shape index (κ3) is 1.61. The van der Waals surface area contributed by atoms with Crippen molar-refractivity contribution in [3.8, 4) is 0 Å². The monoisotopic (exact) mass is 231 g/mol. The largest absolute Gasteiger partial charge is 0.450 e. The van der Waals surface area contributed by atoms with Crippen molar-refractivity contribution in [1.82, 2.24) is 4.90 Å². The molecule has 2 unspecified atom stereocenters. The lowest BCUT2D eigenvalue weighted by Crippen LogP contribution is -2.42. The van der Waals surface area contributed by atoms with Crippen LogP contribution < -0.4 is 0 Å². The number of benzene rings is 1. The Morgan fingerprint density at radius 1 is 1.41 bits per heavy atom. The number of amides is 1. The summed E-state index contributed by atoms with van der Waals surface area (Å²) in [5, 5.41) is 0. The fraction of sp³-hybridized carbons (Fsp3) is 0.500. The van der Waals surface area contributed by atoms with Gasteiger partial charge in [0, 0.05) is 6.04 Å². The molecule has 1 amide bonds. The van der Waals surface area contributed by atoms with Gasteiger partial charge in [-0.1, -0.05) is 24.3 Å². The van der Waals surface area contributed by atoms with Crippen molar-refractivity contribution < 1.29 is 9.53 Å². The average Bonchev–Trinajstić information content (AvgIpc) is 2.66. The Morgan fingerprint density at radius 2 is 2.24 bits per heavy atom. The smallest absolute Gasteiger partial charge is 0.410 e. The molecular formula is C14H17NO2. The van der Waals surface area contributed by atoms with E-state index in [1.165, 1.54) is 11.1 Å². The molecule has 3 nitrogen and oxygen atoms in total. The second-order valence-corrected chi connectivity index (χ2v) is 4.76. The summed E-state index contributed by atoms with van der Waals surface area (Å²) >= 11 is 0. The quantitative estimate of drug-likeness (QED) is 0.743. The molecule has 1 fully saturated rings. The van der Waals surface area contributed by atoms with Crippen LogP contribution in [0.15, 0.2) is 24.3 Å². The minimum absolute atomic E-state index is 0.144. The fourth-order valence-corrected chi connectivity index (χ4v) is 3.16. The summed E-state index contributed by atoms with van der Waals surface area (Å²) in [5.74, 6) is 0. The summed E-state index contributed by atoms with van der Waals surface area (Å²) in [4.78, 5) is 13.9. The maximum Gasteiger partial charge on any atom is 0.410 e. The molecule has 17 heavy (non-hydrogen) atoms. The molecule has 1 aromatic rings. The highest BCUT2D eigenvalue weighted by Crippen LogP contribution is 2.43. The maximum absolute atomic E-state index is 12.0. The van der Waals surface area contributed by atoms with Crippen LogP contribution in [-0.2, 0) is 11.2 Å². The predicted molar refractivity (Wildman–Crippen MR) is 64.8 cm³/mol. The summed E-state index contributed by atoms with van der Waals surface area (Å²) in [6.45, 7) is 2.31. The summed E-state index contributed by atoms with van der Waals surface area (Å²) in [6, 6.07) is 9.05. The van der Waals surface area contributed by atoms with Crippen LogP contribution >= 0.6 is 0 Å².